The van der Waals surface area contributed by atoms with Gasteiger partial charge in [-0.2, -0.15) is 0 Å². The molecule has 3 N–H and O–H groups in total. The molecule has 0 bridgehead atoms. The van der Waals surface area contributed by atoms with Gasteiger partial charge in [0.15, 0.2) is 0 Å². The molecule has 1 rings (SSSR count). The highest BCUT2D eigenvalue weighted by Gasteiger charge is 2.32. The SMILES string of the molecule is CCC(CO)(CO)NS(=O)(=O)c1ccc(Br)cc1. The van der Waals surface area contributed by atoms with E-state index in [4.69, 9.17) is 0 Å². The average Bonchev–Trinajstić information content (AvgIpc) is 2.37. The summed E-state index contributed by atoms with van der Waals surface area (Å²) in [6.45, 7) is 0.766. The van der Waals surface area contributed by atoms with E-state index in [-0.39, 0.29) is 11.3 Å². The molecule has 0 aliphatic carbocycles. The van der Waals surface area contributed by atoms with Gasteiger partial charge < -0.3 is 10.2 Å². The van der Waals surface area contributed by atoms with Crippen LogP contribution in [0.2, 0.25) is 0 Å². The Morgan fingerprint density at radius 3 is 2.11 bits per heavy atom. The molecule has 0 aromatic heterocycles. The molecule has 0 saturated heterocycles. The van der Waals surface area contributed by atoms with Crippen molar-refractivity contribution in [3.63, 3.8) is 0 Å². The van der Waals surface area contributed by atoms with Gasteiger partial charge in [0, 0.05) is 4.47 Å². The maximum absolute atomic E-state index is 12.1. The zero-order valence-corrected chi connectivity index (χ0v) is 12.3. The number of rotatable bonds is 6. The summed E-state index contributed by atoms with van der Waals surface area (Å²) < 4.78 is 27.3. The van der Waals surface area contributed by atoms with Crippen LogP contribution in [0, 0.1) is 0 Å². The normalized spacial score (nSPS) is 12.7. The van der Waals surface area contributed by atoms with E-state index in [1.165, 1.54) is 12.1 Å². The van der Waals surface area contributed by atoms with Crippen molar-refractivity contribution in [3.8, 4) is 0 Å². The summed E-state index contributed by atoms with van der Waals surface area (Å²) in [4.78, 5) is 0.0884. The van der Waals surface area contributed by atoms with E-state index >= 15 is 0 Å². The minimum atomic E-state index is -3.76. The molecular formula is C11H16BrNO4S. The van der Waals surface area contributed by atoms with Crippen molar-refractivity contribution in [1.82, 2.24) is 4.72 Å². The molecule has 0 aliphatic rings. The summed E-state index contributed by atoms with van der Waals surface area (Å²) in [5.41, 5.74) is -1.23. The van der Waals surface area contributed by atoms with Gasteiger partial charge in [-0.15, -0.1) is 0 Å². The van der Waals surface area contributed by atoms with Crippen LogP contribution in [0.3, 0.4) is 0 Å². The van der Waals surface area contributed by atoms with Gasteiger partial charge in [0.05, 0.1) is 23.6 Å². The molecule has 0 saturated carbocycles. The van der Waals surface area contributed by atoms with Gasteiger partial charge in [-0.05, 0) is 30.7 Å². The van der Waals surface area contributed by atoms with E-state index in [1.54, 1.807) is 19.1 Å². The summed E-state index contributed by atoms with van der Waals surface area (Å²) in [6, 6.07) is 6.11. The van der Waals surface area contributed by atoms with Crippen LogP contribution in [0.15, 0.2) is 33.6 Å². The molecule has 102 valence electrons. The third-order valence-corrected chi connectivity index (χ3v) is 4.88. The van der Waals surface area contributed by atoms with Crippen molar-refractivity contribution in [3.05, 3.63) is 28.7 Å². The Kier molecular flexibility index (Phi) is 5.30. The third kappa shape index (κ3) is 3.52. The Bertz CT molecular complexity index is 474. The molecule has 0 fully saturated rings. The lowest BCUT2D eigenvalue weighted by Gasteiger charge is -2.29. The molecule has 7 heteroatoms. The van der Waals surface area contributed by atoms with Crippen molar-refractivity contribution >= 4 is 26.0 Å². The Morgan fingerprint density at radius 2 is 1.72 bits per heavy atom. The predicted molar refractivity (Wildman–Crippen MR) is 71.7 cm³/mol. The van der Waals surface area contributed by atoms with Crippen molar-refractivity contribution in [2.24, 2.45) is 0 Å². The highest BCUT2D eigenvalue weighted by atomic mass is 79.9. The summed E-state index contributed by atoms with van der Waals surface area (Å²) in [6.07, 6.45) is 0.287. The fraction of sp³-hybridized carbons (Fsp3) is 0.455. The first-order valence-electron chi connectivity index (χ1n) is 5.40. The van der Waals surface area contributed by atoms with E-state index in [0.717, 1.165) is 4.47 Å². The Balaban J connectivity index is 3.04. The lowest BCUT2D eigenvalue weighted by Crippen LogP contribution is -2.53. The number of sulfonamides is 1. The van der Waals surface area contributed by atoms with Gasteiger partial charge in [0.25, 0.3) is 0 Å². The second-order valence-electron chi connectivity index (χ2n) is 4.01. The van der Waals surface area contributed by atoms with Crippen LogP contribution in [0.4, 0.5) is 0 Å². The quantitative estimate of drug-likeness (QED) is 0.718. The van der Waals surface area contributed by atoms with Crippen LogP contribution in [-0.2, 0) is 10.0 Å². The third-order valence-electron chi connectivity index (χ3n) is 2.76. The maximum atomic E-state index is 12.1. The summed E-state index contributed by atoms with van der Waals surface area (Å²) >= 11 is 3.22. The number of hydrogen-bond acceptors (Lipinski definition) is 4. The molecule has 5 nitrogen and oxygen atoms in total. The van der Waals surface area contributed by atoms with Crippen LogP contribution in [0.1, 0.15) is 13.3 Å². The van der Waals surface area contributed by atoms with E-state index in [1.807, 2.05) is 0 Å². The van der Waals surface area contributed by atoms with Crippen LogP contribution < -0.4 is 4.72 Å². The zero-order valence-electron chi connectivity index (χ0n) is 9.93. The minimum Gasteiger partial charge on any atom is -0.394 e. The second-order valence-corrected chi connectivity index (χ2v) is 6.61. The van der Waals surface area contributed by atoms with Crippen molar-refractivity contribution in [1.29, 1.82) is 0 Å². The fourth-order valence-corrected chi connectivity index (χ4v) is 3.09. The summed E-state index contributed by atoms with van der Waals surface area (Å²) in [7, 11) is -3.76. The van der Waals surface area contributed by atoms with E-state index in [2.05, 4.69) is 20.7 Å². The molecule has 0 aliphatic heterocycles. The smallest absolute Gasteiger partial charge is 0.241 e. The Hall–Kier alpha value is -0.470. The fourth-order valence-electron chi connectivity index (χ4n) is 1.37. The van der Waals surface area contributed by atoms with Gasteiger partial charge in [0.2, 0.25) is 10.0 Å². The van der Waals surface area contributed by atoms with Gasteiger partial charge in [-0.25, -0.2) is 13.1 Å². The van der Waals surface area contributed by atoms with Crippen molar-refractivity contribution < 1.29 is 18.6 Å². The first-order valence-corrected chi connectivity index (χ1v) is 7.68. The Morgan fingerprint density at radius 1 is 1.22 bits per heavy atom. The average molecular weight is 338 g/mol. The largest absolute Gasteiger partial charge is 0.394 e. The van der Waals surface area contributed by atoms with Gasteiger partial charge in [-0.3, -0.25) is 0 Å². The van der Waals surface area contributed by atoms with E-state index in [9.17, 15) is 18.6 Å². The Labute approximate surface area is 115 Å². The summed E-state index contributed by atoms with van der Waals surface area (Å²) in [5, 5.41) is 18.5. The zero-order chi connectivity index (χ0) is 13.8. The number of aliphatic hydroxyl groups is 2. The minimum absolute atomic E-state index is 0.0884. The first kappa shape index (κ1) is 15.6. The highest BCUT2D eigenvalue weighted by molar-refractivity contribution is 9.10. The van der Waals surface area contributed by atoms with Crippen molar-refractivity contribution in [2.45, 2.75) is 23.8 Å². The van der Waals surface area contributed by atoms with Crippen LogP contribution in [0.5, 0.6) is 0 Å². The maximum Gasteiger partial charge on any atom is 0.241 e. The molecule has 1 aromatic carbocycles. The topological polar surface area (TPSA) is 86.6 Å². The van der Waals surface area contributed by atoms with Crippen molar-refractivity contribution in [2.75, 3.05) is 13.2 Å². The molecule has 0 amide bonds. The number of nitrogens with one attached hydrogen (secondary N) is 1. The first-order chi connectivity index (χ1) is 8.39. The molecule has 18 heavy (non-hydrogen) atoms. The van der Waals surface area contributed by atoms with Gasteiger partial charge in [-0.1, -0.05) is 22.9 Å². The predicted octanol–water partition coefficient (Wildman–Crippen LogP) is 0.861. The molecule has 0 heterocycles. The monoisotopic (exact) mass is 337 g/mol. The standard InChI is InChI=1S/C11H16BrNO4S/c1-2-11(7-14,8-15)13-18(16,17)10-5-3-9(12)4-6-10/h3-6,13-15H,2,7-8H2,1H3. The van der Waals surface area contributed by atoms with Crippen LogP contribution in [-0.4, -0.2) is 37.4 Å². The lowest BCUT2D eigenvalue weighted by atomic mass is 10.0. The number of hydrogen-bond donors (Lipinski definition) is 3. The molecule has 0 atom stereocenters. The van der Waals surface area contributed by atoms with E-state index < -0.39 is 28.8 Å². The molecule has 1 aromatic rings. The second kappa shape index (κ2) is 6.12. The molecular weight excluding hydrogens is 322 g/mol. The van der Waals surface area contributed by atoms with Crippen LogP contribution >= 0.6 is 15.9 Å². The summed E-state index contributed by atoms with van der Waals surface area (Å²) in [5.74, 6) is 0. The molecule has 0 spiro atoms. The number of benzene rings is 1. The van der Waals surface area contributed by atoms with Gasteiger partial charge in [0.1, 0.15) is 0 Å². The number of aliphatic hydroxyl groups excluding tert-OH is 2. The van der Waals surface area contributed by atoms with E-state index in [0.29, 0.717) is 0 Å². The number of halogens is 1. The van der Waals surface area contributed by atoms with Gasteiger partial charge >= 0.3 is 0 Å². The highest BCUT2D eigenvalue weighted by Crippen LogP contribution is 2.18. The molecule has 0 unspecified atom stereocenters. The lowest BCUT2D eigenvalue weighted by molar-refractivity contribution is 0.105. The molecule has 0 radical (unpaired) electrons. The van der Waals surface area contributed by atoms with Crippen LogP contribution in [0.25, 0.3) is 0 Å².